The zero-order valence-electron chi connectivity index (χ0n) is 55.6. The van der Waals surface area contributed by atoms with Crippen molar-refractivity contribution < 1.29 is 99.8 Å². The number of fused-ring (bicyclic) bond motifs is 3. The van der Waals surface area contributed by atoms with Gasteiger partial charge in [0.15, 0.2) is 27.3 Å². The number of carbonyl (C=O) groups excluding carboxylic acids is 8. The van der Waals surface area contributed by atoms with Crippen LogP contribution in [-0.2, 0) is 89.9 Å². The smallest absolute Gasteiger partial charge is 0.296 e. The van der Waals surface area contributed by atoms with Crippen molar-refractivity contribution in [2.75, 3.05) is 72.5 Å². The number of amides is 5. The van der Waals surface area contributed by atoms with E-state index in [1.807, 2.05) is 4.72 Å². The molecule has 1 fully saturated rings. The van der Waals surface area contributed by atoms with Crippen LogP contribution in [0.4, 0.5) is 28.4 Å². The third kappa shape index (κ3) is 17.7. The third-order valence-corrected chi connectivity index (χ3v) is 21.4. The molecule has 4 aromatic heterocycles. The number of rotatable bonds is 28. The Bertz CT molecular complexity index is 4870. The van der Waals surface area contributed by atoms with E-state index < -0.39 is 80.9 Å². The Hall–Kier alpha value is -11.5. The predicted octanol–water partition coefficient (Wildman–Crippen LogP) is 5.49. The first-order valence-electron chi connectivity index (χ1n) is 31.6. The number of piperidine rings is 1. The average molecular weight is 1510 g/mol. The van der Waals surface area contributed by atoms with Crippen molar-refractivity contribution in [2.45, 2.75) is 84.2 Å². The van der Waals surface area contributed by atoms with E-state index in [2.05, 4.69) is 50.3 Å². The first kappa shape index (κ1) is 75.1. The normalized spacial score (nSPS) is 14.3. The number of pyridine rings is 2. The molecule has 0 atom stereocenters. The van der Waals surface area contributed by atoms with Crippen LogP contribution in [-0.4, -0.2) is 143 Å². The highest BCUT2D eigenvalue weighted by Crippen LogP contribution is 2.48. The summed E-state index contributed by atoms with van der Waals surface area (Å²) in [6.07, 6.45) is 9.43. The number of methoxy groups -OCH3 is 3. The van der Waals surface area contributed by atoms with Crippen molar-refractivity contribution in [3.8, 4) is 23.0 Å². The number of benzene rings is 4. The van der Waals surface area contributed by atoms with Gasteiger partial charge in [0.2, 0.25) is 11.8 Å². The average Bonchev–Trinajstić information content (AvgIpc) is 1.57. The van der Waals surface area contributed by atoms with E-state index >= 15 is 0 Å². The Morgan fingerprint density at radius 2 is 1.07 bits per heavy atom. The maximum Gasteiger partial charge on any atom is 0.296 e. The van der Waals surface area contributed by atoms with Crippen molar-refractivity contribution in [2.24, 2.45) is 0 Å². The number of nitrogens with zero attached hydrogens (tertiary/aromatic N) is 3. The quantitative estimate of drug-likeness (QED) is 0.0281. The molecule has 546 valence electrons. The van der Waals surface area contributed by atoms with Crippen LogP contribution in [0.1, 0.15) is 92.2 Å². The molecule has 5 amide bonds. The lowest BCUT2D eigenvalue weighted by Gasteiger charge is -2.26. The summed E-state index contributed by atoms with van der Waals surface area (Å²) < 4.78 is 144. The minimum Gasteiger partial charge on any atom is -0.496 e. The van der Waals surface area contributed by atoms with Crippen molar-refractivity contribution in [3.05, 3.63) is 173 Å². The molecule has 0 bridgehead atoms. The van der Waals surface area contributed by atoms with E-state index in [-0.39, 0.29) is 145 Å². The van der Waals surface area contributed by atoms with Crippen LogP contribution in [0, 0.1) is 0 Å². The van der Waals surface area contributed by atoms with Gasteiger partial charge in [-0.2, -0.15) is 16.8 Å². The number of nitrogens with one attached hydrogen (secondary N) is 8. The summed E-state index contributed by atoms with van der Waals surface area (Å²) in [4.78, 5) is 108. The van der Waals surface area contributed by atoms with Crippen molar-refractivity contribution in [1.29, 1.82) is 0 Å². The number of aromatic nitrogens is 2. The number of anilines is 5. The number of aryl methyl sites for hydroxylation is 1. The second-order valence-electron chi connectivity index (χ2n) is 23.0. The first-order chi connectivity index (χ1) is 49.7. The van der Waals surface area contributed by atoms with Gasteiger partial charge in [0.25, 0.3) is 69.4 Å². The summed E-state index contributed by atoms with van der Waals surface area (Å²) in [6.45, 7) is 2.00. The molecule has 8 heterocycles. The van der Waals surface area contributed by atoms with Gasteiger partial charge in [0, 0.05) is 49.2 Å². The molecular formula is C67H67N11O22S4. The van der Waals surface area contributed by atoms with Crippen LogP contribution in [0.5, 0.6) is 23.0 Å². The van der Waals surface area contributed by atoms with E-state index in [0.29, 0.717) is 30.2 Å². The Balaban J connectivity index is 0.000000168. The molecule has 4 aromatic carbocycles. The highest BCUT2D eigenvalue weighted by atomic mass is 32.2. The SMILES string of the molecule is COc1c(CCC(=O)NCN2CCCCC2)c(NS(=O)(=O)c2ccccc2)cc2c1C(=O)NS2(=O)=O.COc1c(CCC(=O)NCc2ccco2)c(NS(=O)(=O)c2ccccn2)cc2c1NC(=O)C2=O.COc1c2c(cc(NS(=O)(=O)c3ccccn3)c1OCC(=O)CCc1ccco1)C(=O)C(=O)N2. The molecule has 8 aromatic rings. The molecule has 33 nitrogen and oxygen atoms in total. The molecule has 8 N–H and O–H groups in total. The van der Waals surface area contributed by atoms with E-state index in [1.165, 1.54) is 95.1 Å². The summed E-state index contributed by atoms with van der Waals surface area (Å²) in [5, 5.41) is 9.87. The maximum atomic E-state index is 13.0. The molecule has 37 heteroatoms. The third-order valence-electron chi connectivity index (χ3n) is 16.1. The minimum absolute atomic E-state index is 0.00224. The fourth-order valence-corrected chi connectivity index (χ4v) is 15.5. The van der Waals surface area contributed by atoms with Crippen LogP contribution >= 0.6 is 0 Å². The molecule has 0 unspecified atom stereocenters. The van der Waals surface area contributed by atoms with E-state index in [0.717, 1.165) is 38.1 Å². The molecule has 0 radical (unpaired) electrons. The van der Waals surface area contributed by atoms with Crippen LogP contribution in [0.3, 0.4) is 0 Å². The van der Waals surface area contributed by atoms with E-state index in [4.69, 9.17) is 27.8 Å². The van der Waals surface area contributed by atoms with Gasteiger partial charge in [-0.05, 0) is 118 Å². The molecule has 0 saturated carbocycles. The largest absolute Gasteiger partial charge is 0.496 e. The van der Waals surface area contributed by atoms with E-state index in [1.54, 1.807) is 54.6 Å². The summed E-state index contributed by atoms with van der Waals surface area (Å²) in [7, 11) is -12.8. The van der Waals surface area contributed by atoms with Gasteiger partial charge in [-0.15, -0.1) is 0 Å². The summed E-state index contributed by atoms with van der Waals surface area (Å²) in [6, 6.07) is 26.6. The lowest BCUT2D eigenvalue weighted by atomic mass is 10.0. The monoisotopic (exact) mass is 1510 g/mol. The Morgan fingerprint density at radius 1 is 0.548 bits per heavy atom. The Labute approximate surface area is 595 Å². The zero-order chi connectivity index (χ0) is 74.5. The Kier molecular flexibility index (Phi) is 23.6. The van der Waals surface area contributed by atoms with Crippen LogP contribution in [0.25, 0.3) is 0 Å². The fourth-order valence-electron chi connectivity index (χ4n) is 11.1. The number of ketones is 3. The molecule has 12 rings (SSSR count). The van der Waals surface area contributed by atoms with Crippen LogP contribution in [0.2, 0.25) is 0 Å². The number of ether oxygens (including phenoxy) is 4. The number of Topliss-reactive ketones (excluding diaryl/α,β-unsaturated/α-hetero) is 3. The Morgan fingerprint density at radius 3 is 1.62 bits per heavy atom. The van der Waals surface area contributed by atoms with Crippen LogP contribution in [0.15, 0.2) is 163 Å². The molecule has 104 heavy (non-hydrogen) atoms. The predicted molar refractivity (Wildman–Crippen MR) is 370 cm³/mol. The molecule has 0 spiro atoms. The summed E-state index contributed by atoms with van der Waals surface area (Å²) in [5.41, 5.74) is 0.0291. The highest BCUT2D eigenvalue weighted by molar-refractivity contribution is 7.93. The fraction of sp³-hybridized carbons (Fsp3) is 0.254. The van der Waals surface area contributed by atoms with Gasteiger partial charge in [0.05, 0.1) is 91.5 Å². The molecular weight excluding hydrogens is 1440 g/mol. The van der Waals surface area contributed by atoms with Gasteiger partial charge in [-0.1, -0.05) is 36.8 Å². The van der Waals surface area contributed by atoms with Gasteiger partial charge in [0.1, 0.15) is 40.1 Å². The van der Waals surface area contributed by atoms with Crippen molar-refractivity contribution in [3.63, 3.8) is 0 Å². The zero-order valence-corrected chi connectivity index (χ0v) is 58.8. The van der Waals surface area contributed by atoms with Gasteiger partial charge >= 0.3 is 0 Å². The van der Waals surface area contributed by atoms with Crippen LogP contribution < -0.4 is 59.1 Å². The molecule has 4 aliphatic heterocycles. The topological polar surface area (TPSA) is 462 Å². The van der Waals surface area contributed by atoms with Crippen molar-refractivity contribution in [1.82, 2.24) is 30.2 Å². The highest BCUT2D eigenvalue weighted by Gasteiger charge is 2.40. The minimum atomic E-state index is -4.20. The maximum absolute atomic E-state index is 13.0. The number of likely N-dealkylation sites (tertiary alicyclic amines) is 1. The summed E-state index contributed by atoms with van der Waals surface area (Å²) >= 11 is 0. The van der Waals surface area contributed by atoms with Gasteiger partial charge in [-0.3, -0.25) is 57.4 Å². The van der Waals surface area contributed by atoms with E-state index in [9.17, 15) is 72.0 Å². The molecule has 0 aliphatic carbocycles. The lowest BCUT2D eigenvalue weighted by molar-refractivity contribution is -0.122. The number of sulfonamides is 4. The van der Waals surface area contributed by atoms with Gasteiger partial charge < -0.3 is 49.0 Å². The standard InChI is InChI=1S/C23H28N4O7S2.C22H20N4O7S.C22H19N3O8S/c1-34-22-17(10-11-20(28)24-15-27-12-6-3-7-13-27)18(14-19-21(22)23(29)26-36(19,32)33)25-35(30,31)16-8-4-2-5-9-16;1-32-21-14(7-8-17(27)24-12-13-5-4-10-33-13)16(11-15-19(21)25-22(29)20(15)28)26-34(30,31)18-6-2-3-9-23-18;1-31-21-18-15(19(27)22(28)24-18)11-16(25-34(29,30)17-6-2-3-9-23-17)20(21)33-12-13(26)7-8-14-5-4-10-32-14/h2,4-5,8-9,14,25H,3,6-7,10-13,15H2,1H3,(H,24,28)(H,26,29);2-6,9-11,26H,7-8,12H2,1H3,(H,24,27)(H,25,28,29);2-6,9-11,25H,7-8,12H2,1H3,(H,24,27,28). The van der Waals surface area contributed by atoms with Crippen molar-refractivity contribution >= 4 is 115 Å². The number of furan rings is 2. The molecule has 4 aliphatic rings. The number of carbonyl (C=O) groups is 8. The second kappa shape index (κ2) is 32.6. The first-order valence-corrected chi connectivity index (χ1v) is 37.6. The number of hydrogen-bond donors (Lipinski definition) is 8. The lowest BCUT2D eigenvalue weighted by Crippen LogP contribution is -2.40. The molecule has 1 saturated heterocycles. The number of hydrogen-bond acceptors (Lipinski definition) is 25. The summed E-state index contributed by atoms with van der Waals surface area (Å²) in [5.74, 6) is -4.28. The second-order valence-corrected chi connectivity index (χ2v) is 29.6. The van der Waals surface area contributed by atoms with Gasteiger partial charge in [-0.25, -0.2) is 31.5 Å².